The number of ether oxygens (including phenoxy) is 3. The Hall–Kier alpha value is -4.61. The van der Waals surface area contributed by atoms with Gasteiger partial charge in [-0.3, -0.25) is 15.2 Å². The minimum atomic E-state index is -1.36. The molecule has 4 N–H and O–H groups in total. The summed E-state index contributed by atoms with van der Waals surface area (Å²) < 4.78 is 16.6. The zero-order valence-electron chi connectivity index (χ0n) is 23.6. The summed E-state index contributed by atoms with van der Waals surface area (Å²) in [5, 5.41) is 30.6. The molecule has 1 amide bonds. The summed E-state index contributed by atoms with van der Waals surface area (Å²) in [4.78, 5) is 37.4. The lowest BCUT2D eigenvalue weighted by Crippen LogP contribution is -2.42. The van der Waals surface area contributed by atoms with Crippen molar-refractivity contribution in [3.63, 3.8) is 0 Å². The molecular weight excluding hydrogens is 544 g/mol. The van der Waals surface area contributed by atoms with E-state index in [1.165, 1.54) is 62.8 Å². The molecule has 0 fully saturated rings. The third-order valence-corrected chi connectivity index (χ3v) is 6.44. The number of para-hydroxylation sites is 1. The molecule has 0 saturated carbocycles. The molecule has 3 aromatic rings. The van der Waals surface area contributed by atoms with Crippen molar-refractivity contribution in [3.05, 3.63) is 83.4 Å². The molecule has 3 rings (SSSR count). The standard InChI is InChI=1S/C31H36N2O9/c1-3-4-5-6-9-18-41-23-15-13-22(14-16-23)31(37)42-27-17-12-21(20-28(27)40-2)19-25(30(35)36)32-29(34)24-10-7-8-11-26(24)33(38)39/h7-8,10-17,20,25,38-39H,3-6,9,18-19H2,1-2H3,(H,32,34)(H,35,36). The van der Waals surface area contributed by atoms with Crippen LogP contribution in [-0.4, -0.2) is 53.1 Å². The zero-order chi connectivity index (χ0) is 30.5. The van der Waals surface area contributed by atoms with Crippen LogP contribution in [0.2, 0.25) is 0 Å². The Morgan fingerprint density at radius 2 is 1.62 bits per heavy atom. The van der Waals surface area contributed by atoms with Crippen LogP contribution in [0.5, 0.6) is 17.2 Å². The van der Waals surface area contributed by atoms with E-state index in [1.807, 2.05) is 0 Å². The molecule has 0 radical (unpaired) electrons. The first-order valence-electron chi connectivity index (χ1n) is 13.7. The highest BCUT2D eigenvalue weighted by Gasteiger charge is 2.24. The summed E-state index contributed by atoms with van der Waals surface area (Å²) in [7, 11) is 1.38. The molecule has 0 aromatic heterocycles. The monoisotopic (exact) mass is 580 g/mol. The summed E-state index contributed by atoms with van der Waals surface area (Å²) in [6.07, 6.45) is 5.56. The number of benzene rings is 3. The molecule has 42 heavy (non-hydrogen) atoms. The number of nitrogens with one attached hydrogen (secondary N) is 1. The van der Waals surface area contributed by atoms with E-state index in [9.17, 15) is 29.9 Å². The molecule has 1 atom stereocenters. The zero-order valence-corrected chi connectivity index (χ0v) is 23.6. The fourth-order valence-electron chi connectivity index (χ4n) is 4.18. The average Bonchev–Trinajstić information content (AvgIpc) is 2.99. The van der Waals surface area contributed by atoms with Crippen LogP contribution in [-0.2, 0) is 11.2 Å². The quantitative estimate of drug-likeness (QED) is 0.0762. The number of anilines is 1. The van der Waals surface area contributed by atoms with E-state index in [0.29, 0.717) is 23.5 Å². The van der Waals surface area contributed by atoms with Crippen LogP contribution in [0.25, 0.3) is 0 Å². The number of hydrogen-bond acceptors (Lipinski definition) is 9. The van der Waals surface area contributed by atoms with E-state index in [2.05, 4.69) is 12.2 Å². The molecule has 0 spiro atoms. The van der Waals surface area contributed by atoms with Crippen molar-refractivity contribution < 1.29 is 44.1 Å². The van der Waals surface area contributed by atoms with E-state index in [0.717, 1.165) is 12.8 Å². The van der Waals surface area contributed by atoms with Crippen LogP contribution in [0.1, 0.15) is 65.3 Å². The van der Waals surface area contributed by atoms with E-state index in [-0.39, 0.29) is 34.4 Å². The maximum absolute atomic E-state index is 12.8. The van der Waals surface area contributed by atoms with Crippen molar-refractivity contribution >= 4 is 23.5 Å². The Balaban J connectivity index is 1.62. The van der Waals surface area contributed by atoms with Crippen molar-refractivity contribution in [2.24, 2.45) is 0 Å². The maximum atomic E-state index is 12.8. The van der Waals surface area contributed by atoms with E-state index in [4.69, 9.17) is 14.2 Å². The SMILES string of the molecule is CCCCCCCOc1ccc(C(=O)Oc2ccc(CC(NC(=O)c3ccccc3N(O)O)C(=O)O)cc2OC)cc1. The topological polar surface area (TPSA) is 155 Å². The van der Waals surface area contributed by atoms with Gasteiger partial charge in [0.05, 0.1) is 24.8 Å². The molecule has 0 heterocycles. The second kappa shape index (κ2) is 16.0. The summed E-state index contributed by atoms with van der Waals surface area (Å²) in [5.41, 5.74) is 0.451. The fourth-order valence-corrected chi connectivity index (χ4v) is 4.18. The van der Waals surface area contributed by atoms with Gasteiger partial charge in [-0.1, -0.05) is 50.8 Å². The largest absolute Gasteiger partial charge is 0.494 e. The highest BCUT2D eigenvalue weighted by atomic mass is 16.8. The first-order valence-corrected chi connectivity index (χ1v) is 13.7. The molecule has 0 bridgehead atoms. The van der Waals surface area contributed by atoms with Gasteiger partial charge in [-0.05, 0) is 60.5 Å². The number of carbonyl (C=O) groups is 3. The Kier molecular flexibility index (Phi) is 12.1. The van der Waals surface area contributed by atoms with Crippen LogP contribution >= 0.6 is 0 Å². The van der Waals surface area contributed by atoms with E-state index >= 15 is 0 Å². The van der Waals surface area contributed by atoms with Gasteiger partial charge >= 0.3 is 11.9 Å². The molecule has 11 nitrogen and oxygen atoms in total. The normalized spacial score (nSPS) is 11.3. The van der Waals surface area contributed by atoms with Crippen molar-refractivity contribution in [2.75, 3.05) is 18.9 Å². The van der Waals surface area contributed by atoms with Gasteiger partial charge in [0.1, 0.15) is 17.5 Å². The van der Waals surface area contributed by atoms with Gasteiger partial charge < -0.3 is 24.6 Å². The van der Waals surface area contributed by atoms with Crippen LogP contribution in [0.15, 0.2) is 66.7 Å². The van der Waals surface area contributed by atoms with E-state index < -0.39 is 23.9 Å². The Bertz CT molecular complexity index is 1340. The molecule has 0 aliphatic rings. The number of carboxylic acids is 1. The molecule has 11 heteroatoms. The highest BCUT2D eigenvalue weighted by Crippen LogP contribution is 2.30. The van der Waals surface area contributed by atoms with Crippen LogP contribution in [0.4, 0.5) is 5.69 Å². The summed E-state index contributed by atoms with van der Waals surface area (Å²) in [6, 6.07) is 15.4. The molecule has 3 aromatic carbocycles. The number of hydrogen-bond donors (Lipinski definition) is 4. The van der Waals surface area contributed by atoms with E-state index in [1.54, 1.807) is 30.3 Å². The number of rotatable bonds is 16. The van der Waals surface area contributed by atoms with Gasteiger partial charge in [0.25, 0.3) is 5.91 Å². The summed E-state index contributed by atoms with van der Waals surface area (Å²) in [6.45, 7) is 2.78. The van der Waals surface area contributed by atoms with Gasteiger partial charge in [0.15, 0.2) is 11.5 Å². The Morgan fingerprint density at radius 3 is 2.29 bits per heavy atom. The third kappa shape index (κ3) is 9.22. The lowest BCUT2D eigenvalue weighted by atomic mass is 10.0. The number of carbonyl (C=O) groups excluding carboxylic acids is 2. The Labute approximate surface area is 244 Å². The first-order chi connectivity index (χ1) is 20.2. The smallest absolute Gasteiger partial charge is 0.343 e. The minimum Gasteiger partial charge on any atom is -0.494 e. The van der Waals surface area contributed by atoms with Crippen LogP contribution < -0.4 is 24.8 Å². The number of methoxy groups -OCH3 is 1. The predicted octanol–water partition coefficient (Wildman–Crippen LogP) is 5.27. The van der Waals surface area contributed by atoms with Crippen molar-refractivity contribution in [2.45, 2.75) is 51.5 Å². The first kappa shape index (κ1) is 31.9. The predicted molar refractivity (Wildman–Crippen MR) is 154 cm³/mol. The van der Waals surface area contributed by atoms with Gasteiger partial charge in [0.2, 0.25) is 0 Å². The minimum absolute atomic E-state index is 0.129. The number of carboxylic acid groups (broad SMARTS) is 1. The number of amides is 1. The van der Waals surface area contributed by atoms with Crippen molar-refractivity contribution in [1.82, 2.24) is 5.32 Å². The molecule has 0 aliphatic heterocycles. The van der Waals surface area contributed by atoms with Gasteiger partial charge in [-0.25, -0.2) is 9.59 Å². The summed E-state index contributed by atoms with van der Waals surface area (Å²) in [5.74, 6) is -1.73. The fraction of sp³-hybridized carbons (Fsp3) is 0.323. The molecule has 0 aliphatic carbocycles. The van der Waals surface area contributed by atoms with Crippen molar-refractivity contribution in [3.8, 4) is 17.2 Å². The Morgan fingerprint density at radius 1 is 0.905 bits per heavy atom. The molecule has 0 saturated heterocycles. The number of aliphatic carboxylic acids is 1. The number of nitrogens with zero attached hydrogens (tertiary/aromatic N) is 1. The lowest BCUT2D eigenvalue weighted by molar-refractivity contribution is -0.139. The second-order valence-electron chi connectivity index (χ2n) is 9.54. The number of esters is 1. The van der Waals surface area contributed by atoms with Crippen LogP contribution in [0, 0.1) is 0 Å². The highest BCUT2D eigenvalue weighted by molar-refractivity contribution is 6.01. The lowest BCUT2D eigenvalue weighted by Gasteiger charge is -2.18. The van der Waals surface area contributed by atoms with Crippen LogP contribution in [0.3, 0.4) is 0 Å². The van der Waals surface area contributed by atoms with Gasteiger partial charge in [-0.2, -0.15) is 0 Å². The molecule has 224 valence electrons. The van der Waals surface area contributed by atoms with Gasteiger partial charge in [0, 0.05) is 6.42 Å². The molecule has 1 unspecified atom stereocenters. The van der Waals surface area contributed by atoms with Crippen molar-refractivity contribution in [1.29, 1.82) is 0 Å². The second-order valence-corrected chi connectivity index (χ2v) is 9.54. The number of unbranched alkanes of at least 4 members (excludes halogenated alkanes) is 4. The average molecular weight is 581 g/mol. The summed E-state index contributed by atoms with van der Waals surface area (Å²) >= 11 is 0. The van der Waals surface area contributed by atoms with Gasteiger partial charge in [-0.15, -0.1) is 5.23 Å². The third-order valence-electron chi connectivity index (χ3n) is 6.44. The maximum Gasteiger partial charge on any atom is 0.343 e. The molecular formula is C31H36N2O9.